The maximum absolute atomic E-state index is 16.3. The molecule has 0 amide bonds. The van der Waals surface area contributed by atoms with Crippen LogP contribution in [-0.2, 0) is 23.7 Å². The molecule has 44 heavy (non-hydrogen) atoms. The summed E-state index contributed by atoms with van der Waals surface area (Å²) in [4.78, 5) is 51.9. The Hall–Kier alpha value is -5.35. The van der Waals surface area contributed by atoms with Gasteiger partial charge in [-0.1, -0.05) is 72.8 Å². The smallest absolute Gasteiger partial charge is 0.340 e. The summed E-state index contributed by atoms with van der Waals surface area (Å²) in [7, 11) is 0. The van der Waals surface area contributed by atoms with Crippen LogP contribution in [0.4, 0.5) is 4.39 Å². The molecule has 4 aromatic carbocycles. The van der Waals surface area contributed by atoms with E-state index in [0.717, 1.165) is 0 Å². The molecule has 0 bridgehead atoms. The summed E-state index contributed by atoms with van der Waals surface area (Å²) >= 11 is 0. The molecular formula is C34H27FO9. The number of halogens is 1. The first-order valence-corrected chi connectivity index (χ1v) is 13.7. The molecule has 0 spiro atoms. The van der Waals surface area contributed by atoms with E-state index in [0.29, 0.717) is 0 Å². The summed E-state index contributed by atoms with van der Waals surface area (Å²) in [6.07, 6.45) is -9.06. The van der Waals surface area contributed by atoms with E-state index in [1.165, 1.54) is 48.5 Å². The van der Waals surface area contributed by atoms with Gasteiger partial charge in [0.05, 0.1) is 22.3 Å². The lowest BCUT2D eigenvalue weighted by Crippen LogP contribution is -2.61. The van der Waals surface area contributed by atoms with Gasteiger partial charge in [-0.15, -0.1) is 0 Å². The average Bonchev–Trinajstić information content (AvgIpc) is 3.08. The van der Waals surface area contributed by atoms with Crippen LogP contribution in [0.3, 0.4) is 0 Å². The summed E-state index contributed by atoms with van der Waals surface area (Å²) < 4.78 is 44.1. The van der Waals surface area contributed by atoms with E-state index in [1.807, 2.05) is 0 Å². The summed E-state index contributed by atoms with van der Waals surface area (Å²) in [6.45, 7) is -0.632. The SMILES string of the molecule is O=C(OCC1OC(OC(=O)c2ccccc2)C(OC(=O)c2ccccc2)C(OC(=O)c2ccccc2)C1F)c1ccccc1. The summed E-state index contributed by atoms with van der Waals surface area (Å²) in [5.74, 6) is -3.45. The van der Waals surface area contributed by atoms with Crippen molar-refractivity contribution < 1.29 is 47.3 Å². The topological polar surface area (TPSA) is 114 Å². The first-order valence-electron chi connectivity index (χ1n) is 13.7. The van der Waals surface area contributed by atoms with Gasteiger partial charge in [-0.25, -0.2) is 23.6 Å². The van der Waals surface area contributed by atoms with Crippen LogP contribution in [0.2, 0.25) is 0 Å². The molecular weight excluding hydrogens is 571 g/mol. The maximum Gasteiger partial charge on any atom is 0.340 e. The molecule has 1 saturated heterocycles. The zero-order valence-corrected chi connectivity index (χ0v) is 23.2. The van der Waals surface area contributed by atoms with Gasteiger partial charge in [0.15, 0.2) is 12.3 Å². The number of carbonyl (C=O) groups is 4. The van der Waals surface area contributed by atoms with Crippen LogP contribution in [0, 0.1) is 0 Å². The number of hydrogen-bond acceptors (Lipinski definition) is 9. The number of alkyl halides is 1. The Morgan fingerprint density at radius 3 is 1.32 bits per heavy atom. The molecule has 0 saturated carbocycles. The molecule has 1 heterocycles. The van der Waals surface area contributed by atoms with Gasteiger partial charge in [0, 0.05) is 0 Å². The zero-order chi connectivity index (χ0) is 30.9. The maximum atomic E-state index is 16.3. The molecule has 10 heteroatoms. The predicted molar refractivity (Wildman–Crippen MR) is 153 cm³/mol. The zero-order valence-electron chi connectivity index (χ0n) is 23.2. The molecule has 5 rings (SSSR count). The third-order valence-electron chi connectivity index (χ3n) is 6.70. The van der Waals surface area contributed by atoms with Crippen molar-refractivity contribution in [2.75, 3.05) is 6.61 Å². The van der Waals surface area contributed by atoms with Crippen molar-refractivity contribution >= 4 is 23.9 Å². The van der Waals surface area contributed by atoms with Crippen LogP contribution < -0.4 is 0 Å². The van der Waals surface area contributed by atoms with Crippen LogP contribution in [0.15, 0.2) is 121 Å². The van der Waals surface area contributed by atoms with Crippen LogP contribution in [0.1, 0.15) is 41.4 Å². The van der Waals surface area contributed by atoms with Crippen molar-refractivity contribution in [3.8, 4) is 0 Å². The van der Waals surface area contributed by atoms with Crippen LogP contribution in [0.25, 0.3) is 0 Å². The second kappa shape index (κ2) is 14.2. The molecule has 0 aliphatic carbocycles. The number of rotatable bonds is 9. The molecule has 1 aliphatic heterocycles. The Balaban J connectivity index is 1.46. The van der Waals surface area contributed by atoms with Gasteiger partial charge in [-0.2, -0.15) is 0 Å². The summed E-state index contributed by atoms with van der Waals surface area (Å²) in [5, 5.41) is 0. The first kappa shape index (κ1) is 30.1. The summed E-state index contributed by atoms with van der Waals surface area (Å²) in [6, 6.07) is 31.5. The van der Waals surface area contributed by atoms with E-state index in [-0.39, 0.29) is 22.3 Å². The summed E-state index contributed by atoms with van der Waals surface area (Å²) in [5.41, 5.74) is 0.566. The van der Waals surface area contributed by atoms with Crippen LogP contribution in [0.5, 0.6) is 0 Å². The number of hydrogen-bond donors (Lipinski definition) is 0. The van der Waals surface area contributed by atoms with Gasteiger partial charge in [0.2, 0.25) is 12.4 Å². The Kier molecular flexibility index (Phi) is 9.73. The molecule has 1 fully saturated rings. The molecule has 5 unspecified atom stereocenters. The number of benzene rings is 4. The predicted octanol–water partition coefficient (Wildman–Crippen LogP) is 5.21. The fourth-order valence-corrected chi connectivity index (χ4v) is 4.45. The van der Waals surface area contributed by atoms with Crippen molar-refractivity contribution in [1.29, 1.82) is 0 Å². The molecule has 5 atom stereocenters. The fourth-order valence-electron chi connectivity index (χ4n) is 4.45. The van der Waals surface area contributed by atoms with Crippen molar-refractivity contribution in [3.63, 3.8) is 0 Å². The minimum atomic E-state index is -2.17. The largest absolute Gasteiger partial charge is 0.459 e. The molecule has 224 valence electrons. The molecule has 1 aliphatic rings. The van der Waals surface area contributed by atoms with Gasteiger partial charge in [0.25, 0.3) is 0 Å². The third kappa shape index (κ3) is 7.34. The molecule has 0 aromatic heterocycles. The standard InChI is InChI=1S/C34H27FO9/c35-27-26(21-40-30(36)22-13-5-1-6-14-22)41-34(44-33(39)25-19-11-4-12-20-25)29(43-32(38)24-17-9-3-10-18-24)28(27)42-31(37)23-15-7-2-8-16-23/h1-20,26-29,34H,21H2. The second-order valence-electron chi connectivity index (χ2n) is 9.70. The molecule has 9 nitrogen and oxygen atoms in total. The van der Waals surface area contributed by atoms with E-state index in [2.05, 4.69) is 0 Å². The fraction of sp³-hybridized carbons (Fsp3) is 0.176. The minimum absolute atomic E-state index is 0.101. The Morgan fingerprint density at radius 1 is 0.523 bits per heavy atom. The Morgan fingerprint density at radius 2 is 0.886 bits per heavy atom. The number of esters is 4. The van der Waals surface area contributed by atoms with Gasteiger partial charge in [-0.3, -0.25) is 0 Å². The van der Waals surface area contributed by atoms with E-state index in [1.54, 1.807) is 72.8 Å². The van der Waals surface area contributed by atoms with Crippen molar-refractivity contribution in [2.24, 2.45) is 0 Å². The van der Waals surface area contributed by atoms with Crippen LogP contribution >= 0.6 is 0 Å². The average molecular weight is 599 g/mol. The third-order valence-corrected chi connectivity index (χ3v) is 6.70. The van der Waals surface area contributed by atoms with E-state index in [4.69, 9.17) is 23.7 Å². The highest BCUT2D eigenvalue weighted by Gasteiger charge is 2.53. The van der Waals surface area contributed by atoms with Gasteiger partial charge in [0.1, 0.15) is 12.7 Å². The second-order valence-corrected chi connectivity index (χ2v) is 9.70. The number of carbonyl (C=O) groups excluding carboxylic acids is 4. The van der Waals surface area contributed by atoms with Gasteiger partial charge < -0.3 is 23.7 Å². The van der Waals surface area contributed by atoms with Crippen LogP contribution in [-0.4, -0.2) is 61.3 Å². The molecule has 0 radical (unpaired) electrons. The Labute approximate surface area is 252 Å². The van der Waals surface area contributed by atoms with E-state index >= 15 is 4.39 Å². The van der Waals surface area contributed by atoms with Crippen molar-refractivity contribution in [2.45, 2.75) is 30.8 Å². The first-order chi connectivity index (χ1) is 21.4. The molecule has 4 aromatic rings. The lowest BCUT2D eigenvalue weighted by atomic mass is 9.99. The van der Waals surface area contributed by atoms with Crippen molar-refractivity contribution in [1.82, 2.24) is 0 Å². The minimum Gasteiger partial charge on any atom is -0.459 e. The lowest BCUT2D eigenvalue weighted by Gasteiger charge is -2.41. The van der Waals surface area contributed by atoms with Gasteiger partial charge in [-0.05, 0) is 48.5 Å². The highest BCUT2D eigenvalue weighted by molar-refractivity contribution is 5.91. The number of ether oxygens (including phenoxy) is 5. The normalized spacial score (nSPS) is 21.0. The van der Waals surface area contributed by atoms with E-state index < -0.39 is 61.3 Å². The van der Waals surface area contributed by atoms with E-state index in [9.17, 15) is 19.2 Å². The Bertz CT molecular complexity index is 1570. The lowest BCUT2D eigenvalue weighted by molar-refractivity contribution is -0.272. The quantitative estimate of drug-likeness (QED) is 0.189. The highest BCUT2D eigenvalue weighted by atomic mass is 19.1. The highest BCUT2D eigenvalue weighted by Crippen LogP contribution is 2.31. The molecule has 0 N–H and O–H groups in total. The van der Waals surface area contributed by atoms with Crippen molar-refractivity contribution in [3.05, 3.63) is 144 Å². The monoisotopic (exact) mass is 598 g/mol. The van der Waals surface area contributed by atoms with Gasteiger partial charge >= 0.3 is 23.9 Å².